The minimum atomic E-state index is 0.452. The van der Waals surface area contributed by atoms with Gasteiger partial charge in [0.2, 0.25) is 0 Å². The lowest BCUT2D eigenvalue weighted by molar-refractivity contribution is 0.531. The molecule has 15 heavy (non-hydrogen) atoms. The summed E-state index contributed by atoms with van der Waals surface area (Å²) < 4.78 is 0. The molecule has 0 spiro atoms. The quantitative estimate of drug-likeness (QED) is 0.751. The van der Waals surface area contributed by atoms with Crippen LogP contribution in [0.5, 0.6) is 0 Å². The molecule has 0 radical (unpaired) electrons. The van der Waals surface area contributed by atoms with Crippen LogP contribution in [0.3, 0.4) is 0 Å². The molecule has 1 N–H and O–H groups in total. The molecule has 0 aliphatic heterocycles. The maximum atomic E-state index is 4.64. The van der Waals surface area contributed by atoms with Crippen molar-refractivity contribution >= 4 is 0 Å². The van der Waals surface area contributed by atoms with Gasteiger partial charge in [-0.05, 0) is 26.3 Å². The van der Waals surface area contributed by atoms with Crippen molar-refractivity contribution < 1.29 is 0 Å². The van der Waals surface area contributed by atoms with Gasteiger partial charge in [-0.25, -0.2) is 9.97 Å². The van der Waals surface area contributed by atoms with Gasteiger partial charge in [0.05, 0.1) is 0 Å². The Morgan fingerprint density at radius 2 is 2.33 bits per heavy atom. The Morgan fingerprint density at radius 3 is 3.07 bits per heavy atom. The molecule has 1 aliphatic rings. The Hall–Kier alpha value is -0.960. The van der Waals surface area contributed by atoms with Gasteiger partial charge in [-0.3, -0.25) is 0 Å². The molecule has 3 nitrogen and oxygen atoms in total. The average molecular weight is 205 g/mol. The summed E-state index contributed by atoms with van der Waals surface area (Å²) >= 11 is 0. The zero-order valence-corrected chi connectivity index (χ0v) is 9.58. The van der Waals surface area contributed by atoms with E-state index in [1.54, 1.807) is 0 Å². The topological polar surface area (TPSA) is 37.8 Å². The van der Waals surface area contributed by atoms with Crippen LogP contribution < -0.4 is 5.32 Å². The lowest BCUT2D eigenvalue weighted by Gasteiger charge is -2.15. The van der Waals surface area contributed by atoms with Gasteiger partial charge < -0.3 is 5.32 Å². The van der Waals surface area contributed by atoms with Crippen molar-refractivity contribution in [3.63, 3.8) is 0 Å². The van der Waals surface area contributed by atoms with Crippen molar-refractivity contribution in [3.05, 3.63) is 23.3 Å². The summed E-state index contributed by atoms with van der Waals surface area (Å²) in [7, 11) is 2.02. The van der Waals surface area contributed by atoms with Crippen molar-refractivity contribution in [2.24, 2.45) is 0 Å². The van der Waals surface area contributed by atoms with E-state index in [-0.39, 0.29) is 0 Å². The number of hydrogen-bond donors (Lipinski definition) is 1. The van der Waals surface area contributed by atoms with E-state index in [9.17, 15) is 0 Å². The lowest BCUT2D eigenvalue weighted by Crippen LogP contribution is -2.17. The monoisotopic (exact) mass is 205 g/mol. The fraction of sp³-hybridized carbons (Fsp3) is 0.667. The molecule has 1 aliphatic carbocycles. The third-order valence-electron chi connectivity index (χ3n) is 3.15. The molecule has 1 aromatic rings. The Labute approximate surface area is 91.3 Å². The van der Waals surface area contributed by atoms with Crippen LogP contribution in [-0.2, 0) is 12.8 Å². The second kappa shape index (κ2) is 4.71. The van der Waals surface area contributed by atoms with Crippen LogP contribution in [0.15, 0.2) is 6.20 Å². The Bertz CT molecular complexity index is 336. The predicted octanol–water partition coefficient (Wildman–Crippen LogP) is 2.03. The van der Waals surface area contributed by atoms with E-state index in [1.807, 2.05) is 13.2 Å². The molecule has 0 saturated heterocycles. The molecule has 0 aromatic carbocycles. The van der Waals surface area contributed by atoms with E-state index < -0.39 is 0 Å². The van der Waals surface area contributed by atoms with Crippen molar-refractivity contribution in [2.75, 3.05) is 7.05 Å². The van der Waals surface area contributed by atoms with Crippen LogP contribution in [0.4, 0.5) is 0 Å². The molecule has 1 aromatic heterocycles. The first-order valence-electron chi connectivity index (χ1n) is 5.87. The van der Waals surface area contributed by atoms with Gasteiger partial charge in [0.1, 0.15) is 5.82 Å². The van der Waals surface area contributed by atoms with Crippen LogP contribution in [0, 0.1) is 0 Å². The SMILES string of the molecule is CCc1ncc2c(n1)CCCCC2NC. The average Bonchev–Trinajstić information content (AvgIpc) is 2.49. The van der Waals surface area contributed by atoms with Crippen LogP contribution >= 0.6 is 0 Å². The first-order valence-corrected chi connectivity index (χ1v) is 5.87. The van der Waals surface area contributed by atoms with Gasteiger partial charge in [-0.15, -0.1) is 0 Å². The van der Waals surface area contributed by atoms with Crippen molar-refractivity contribution in [3.8, 4) is 0 Å². The van der Waals surface area contributed by atoms with E-state index >= 15 is 0 Å². The zero-order chi connectivity index (χ0) is 10.7. The third-order valence-corrected chi connectivity index (χ3v) is 3.15. The maximum absolute atomic E-state index is 4.64. The highest BCUT2D eigenvalue weighted by atomic mass is 14.9. The smallest absolute Gasteiger partial charge is 0.128 e. The molecule has 1 unspecified atom stereocenters. The summed E-state index contributed by atoms with van der Waals surface area (Å²) in [6.07, 6.45) is 7.81. The second-order valence-corrected chi connectivity index (χ2v) is 4.13. The Balaban J connectivity index is 2.36. The largest absolute Gasteiger partial charge is 0.313 e. The standard InChI is InChI=1S/C12H19N3/c1-3-12-14-8-9-10(13-2)6-4-5-7-11(9)15-12/h8,10,13H,3-7H2,1-2H3. The summed E-state index contributed by atoms with van der Waals surface area (Å²) in [5.41, 5.74) is 2.57. The summed E-state index contributed by atoms with van der Waals surface area (Å²) in [6, 6.07) is 0.452. The van der Waals surface area contributed by atoms with E-state index in [0.717, 1.165) is 18.7 Å². The summed E-state index contributed by atoms with van der Waals surface area (Å²) in [4.78, 5) is 9.04. The van der Waals surface area contributed by atoms with Gasteiger partial charge in [0.15, 0.2) is 0 Å². The Kier molecular flexibility index (Phi) is 3.31. The van der Waals surface area contributed by atoms with Gasteiger partial charge in [-0.2, -0.15) is 0 Å². The van der Waals surface area contributed by atoms with Gasteiger partial charge >= 0.3 is 0 Å². The van der Waals surface area contributed by atoms with Gasteiger partial charge in [-0.1, -0.05) is 13.3 Å². The highest BCUT2D eigenvalue weighted by Gasteiger charge is 2.18. The molecule has 82 valence electrons. The van der Waals surface area contributed by atoms with E-state index in [1.165, 1.54) is 30.5 Å². The maximum Gasteiger partial charge on any atom is 0.128 e. The number of nitrogens with one attached hydrogen (secondary N) is 1. The molecule has 1 heterocycles. The minimum Gasteiger partial charge on any atom is -0.313 e. The van der Waals surface area contributed by atoms with Gasteiger partial charge in [0, 0.05) is 29.9 Å². The van der Waals surface area contributed by atoms with E-state index in [2.05, 4.69) is 22.2 Å². The number of rotatable bonds is 2. The number of fused-ring (bicyclic) bond motifs is 1. The number of aromatic nitrogens is 2. The molecule has 0 bridgehead atoms. The van der Waals surface area contributed by atoms with Crippen molar-refractivity contribution in [1.29, 1.82) is 0 Å². The fourth-order valence-electron chi connectivity index (χ4n) is 2.23. The van der Waals surface area contributed by atoms with Crippen LogP contribution in [-0.4, -0.2) is 17.0 Å². The fourth-order valence-corrected chi connectivity index (χ4v) is 2.23. The molecule has 0 saturated carbocycles. The molecule has 3 heteroatoms. The van der Waals surface area contributed by atoms with E-state index in [4.69, 9.17) is 0 Å². The first kappa shape index (κ1) is 10.6. The molecule has 1 atom stereocenters. The summed E-state index contributed by atoms with van der Waals surface area (Å²) in [5, 5.41) is 3.36. The van der Waals surface area contributed by atoms with Gasteiger partial charge in [0.25, 0.3) is 0 Å². The molecular weight excluding hydrogens is 186 g/mol. The number of hydrogen-bond acceptors (Lipinski definition) is 3. The minimum absolute atomic E-state index is 0.452. The highest BCUT2D eigenvalue weighted by Crippen LogP contribution is 2.26. The predicted molar refractivity (Wildman–Crippen MR) is 60.8 cm³/mol. The van der Waals surface area contributed by atoms with Crippen molar-refractivity contribution in [2.45, 2.75) is 45.1 Å². The molecule has 2 rings (SSSR count). The first-order chi connectivity index (χ1) is 7.35. The molecule has 0 fully saturated rings. The van der Waals surface area contributed by atoms with Crippen molar-refractivity contribution in [1.82, 2.24) is 15.3 Å². The molecule has 0 amide bonds. The van der Waals surface area contributed by atoms with Crippen LogP contribution in [0.2, 0.25) is 0 Å². The number of aryl methyl sites for hydroxylation is 2. The molecular formula is C12H19N3. The number of nitrogens with zero attached hydrogens (tertiary/aromatic N) is 2. The lowest BCUT2D eigenvalue weighted by atomic mass is 10.1. The Morgan fingerprint density at radius 1 is 1.47 bits per heavy atom. The van der Waals surface area contributed by atoms with Crippen LogP contribution in [0.1, 0.15) is 49.3 Å². The van der Waals surface area contributed by atoms with Crippen LogP contribution in [0.25, 0.3) is 0 Å². The summed E-state index contributed by atoms with van der Waals surface area (Å²) in [6.45, 7) is 2.11. The zero-order valence-electron chi connectivity index (χ0n) is 9.58. The second-order valence-electron chi connectivity index (χ2n) is 4.13. The third kappa shape index (κ3) is 2.17. The van der Waals surface area contributed by atoms with E-state index in [0.29, 0.717) is 6.04 Å². The highest BCUT2D eigenvalue weighted by molar-refractivity contribution is 5.23. The summed E-state index contributed by atoms with van der Waals surface area (Å²) in [5.74, 6) is 0.977. The normalized spacial score (nSPS) is 20.8.